The zero-order chi connectivity index (χ0) is 16.3. The van der Waals surface area contributed by atoms with E-state index in [2.05, 4.69) is 55.5 Å². The van der Waals surface area contributed by atoms with Gasteiger partial charge < -0.3 is 17.5 Å². The largest absolute Gasteiger partial charge is 1.00 e. The topological polar surface area (TPSA) is 37.3 Å². The van der Waals surface area contributed by atoms with Crippen LogP contribution < -0.4 is 42.0 Å². The maximum absolute atomic E-state index is 10.3. The van der Waals surface area contributed by atoms with E-state index >= 15 is 0 Å². The smallest absolute Gasteiger partial charge is 1.00 e. The number of hydrogen-bond acceptors (Lipinski definition) is 1. The number of carboxylic acids is 1. The van der Waals surface area contributed by atoms with E-state index in [4.69, 9.17) is 5.11 Å². The molecule has 0 spiro atoms. The summed E-state index contributed by atoms with van der Waals surface area (Å²) in [4.78, 5) is 10.3. The Morgan fingerprint density at radius 2 is 1.17 bits per heavy atom. The fourth-order valence-corrected chi connectivity index (χ4v) is 1.93. The van der Waals surface area contributed by atoms with Crippen molar-refractivity contribution in [2.75, 3.05) is 0 Å². The van der Waals surface area contributed by atoms with Gasteiger partial charge in [0.05, 0.1) is 0 Å². The van der Waals surface area contributed by atoms with Gasteiger partial charge in [-0.15, -0.1) is 0 Å². The van der Waals surface area contributed by atoms with Crippen molar-refractivity contribution in [3.05, 3.63) is 48.6 Å². The maximum atomic E-state index is 10.3. The predicted molar refractivity (Wildman–Crippen MR) is 96.0 cm³/mol. The summed E-state index contributed by atoms with van der Waals surface area (Å²) >= 11 is 0. The molecule has 24 heavy (non-hydrogen) atoms. The maximum Gasteiger partial charge on any atom is 1.00 e. The predicted octanol–water partition coefficient (Wildman–Crippen LogP) is 0.225. The average Bonchev–Trinajstić information content (AvgIpc) is 2.50. The summed E-state index contributed by atoms with van der Waals surface area (Å²) in [5.74, 6) is -0.712. The molecule has 132 valence electrons. The minimum atomic E-state index is -0.712. The van der Waals surface area contributed by atoms with Crippen LogP contribution in [0.4, 0.5) is 0 Å². The van der Waals surface area contributed by atoms with Crippen LogP contribution in [0.5, 0.6) is 0 Å². The number of aliphatic carboxylic acids is 1. The second-order valence-electron chi connectivity index (χ2n) is 5.37. The van der Waals surface area contributed by atoms with Crippen LogP contribution >= 0.6 is 0 Å². The van der Waals surface area contributed by atoms with E-state index in [1.54, 1.807) is 0 Å². The molecular formula is C20H32ClNaO2. The molecule has 0 aromatic rings. The Kier molecular flexibility index (Phi) is 29.7. The molecule has 0 aromatic carbocycles. The molecule has 0 aliphatic heterocycles. The molecule has 4 heteroatoms. The molecule has 0 heterocycles. The van der Waals surface area contributed by atoms with Gasteiger partial charge in [0, 0.05) is 6.42 Å². The van der Waals surface area contributed by atoms with Crippen LogP contribution in [0, 0.1) is 0 Å². The van der Waals surface area contributed by atoms with Gasteiger partial charge in [-0.1, -0.05) is 68.4 Å². The average molecular weight is 363 g/mol. The Bertz CT molecular complexity index is 374. The summed E-state index contributed by atoms with van der Waals surface area (Å²) in [6.07, 6.45) is 27.3. The van der Waals surface area contributed by atoms with Crippen molar-refractivity contribution in [3.63, 3.8) is 0 Å². The zero-order valence-electron chi connectivity index (χ0n) is 15.4. The Morgan fingerprint density at radius 3 is 1.58 bits per heavy atom. The van der Waals surface area contributed by atoms with E-state index in [-0.39, 0.29) is 48.4 Å². The minimum absolute atomic E-state index is 0. The van der Waals surface area contributed by atoms with Gasteiger partial charge in [-0.05, 0) is 44.9 Å². The Labute approximate surface area is 176 Å². The Morgan fingerprint density at radius 1 is 0.750 bits per heavy atom. The van der Waals surface area contributed by atoms with Gasteiger partial charge in [-0.25, -0.2) is 0 Å². The van der Waals surface area contributed by atoms with Gasteiger partial charge >= 0.3 is 35.5 Å². The van der Waals surface area contributed by atoms with Crippen molar-refractivity contribution in [1.29, 1.82) is 0 Å². The number of unbranched alkanes of at least 4 members (excludes halogenated alkanes) is 4. The summed E-state index contributed by atoms with van der Waals surface area (Å²) in [6.45, 7) is 2.23. The third-order valence-electron chi connectivity index (χ3n) is 3.22. The van der Waals surface area contributed by atoms with Gasteiger partial charge in [0.15, 0.2) is 0 Å². The second kappa shape index (κ2) is 25.0. The van der Waals surface area contributed by atoms with Crippen molar-refractivity contribution < 1.29 is 51.9 Å². The third kappa shape index (κ3) is 26.6. The van der Waals surface area contributed by atoms with E-state index in [9.17, 15) is 4.79 Å². The van der Waals surface area contributed by atoms with Crippen LogP contribution in [0.25, 0.3) is 0 Å². The molecule has 1 N–H and O–H groups in total. The van der Waals surface area contributed by atoms with Crippen LogP contribution in [-0.4, -0.2) is 11.1 Å². The molecule has 0 saturated carbocycles. The SMILES string of the molecule is CCCCC/C=C\C/C=C\C/C=C\C/C=C\CCCC(=O)O.[Cl-].[Na+]. The molecule has 0 atom stereocenters. The summed E-state index contributed by atoms with van der Waals surface area (Å²) in [5.41, 5.74) is 0. The van der Waals surface area contributed by atoms with Crippen molar-refractivity contribution >= 4 is 5.97 Å². The molecule has 0 radical (unpaired) electrons. The van der Waals surface area contributed by atoms with Gasteiger partial charge in [0.1, 0.15) is 0 Å². The molecule has 0 aliphatic rings. The standard InChI is InChI=1S/C20H32O2.ClH.Na/c1-2-3-4-5-6-7-8-9-10-11-12-13-14-15-16-17-18-19-20(21)22;;/h6-7,9-10,12-13,15-16H,2-5,8,11,14,17-19H2,1H3,(H,21,22);1H;/q;;+1/p-1/b7-6-,10-9-,13-12-,16-15-;;. The van der Waals surface area contributed by atoms with Crippen molar-refractivity contribution in [1.82, 2.24) is 0 Å². The van der Waals surface area contributed by atoms with Crippen LogP contribution in [-0.2, 0) is 4.79 Å². The first-order valence-electron chi connectivity index (χ1n) is 8.59. The normalized spacial score (nSPS) is 11.4. The van der Waals surface area contributed by atoms with Gasteiger partial charge in [0.2, 0.25) is 0 Å². The molecule has 0 rings (SSSR count). The zero-order valence-corrected chi connectivity index (χ0v) is 18.2. The first-order valence-corrected chi connectivity index (χ1v) is 8.59. The molecule has 0 unspecified atom stereocenters. The van der Waals surface area contributed by atoms with E-state index < -0.39 is 5.97 Å². The molecule has 2 nitrogen and oxygen atoms in total. The van der Waals surface area contributed by atoms with E-state index in [1.165, 1.54) is 25.7 Å². The quantitative estimate of drug-likeness (QED) is 0.273. The second-order valence-corrected chi connectivity index (χ2v) is 5.37. The fourth-order valence-electron chi connectivity index (χ4n) is 1.93. The van der Waals surface area contributed by atoms with Crippen LogP contribution in [0.3, 0.4) is 0 Å². The Hall–Kier alpha value is -0.280. The third-order valence-corrected chi connectivity index (χ3v) is 3.22. The van der Waals surface area contributed by atoms with Crippen molar-refractivity contribution in [2.24, 2.45) is 0 Å². The van der Waals surface area contributed by atoms with E-state index in [1.807, 2.05) is 0 Å². The molecular weight excluding hydrogens is 331 g/mol. The summed E-state index contributed by atoms with van der Waals surface area (Å²) in [7, 11) is 0. The van der Waals surface area contributed by atoms with Crippen molar-refractivity contribution in [3.8, 4) is 0 Å². The van der Waals surface area contributed by atoms with Crippen LogP contribution in [0.2, 0.25) is 0 Å². The monoisotopic (exact) mass is 362 g/mol. The molecule has 0 amide bonds. The molecule has 0 bridgehead atoms. The van der Waals surface area contributed by atoms with Gasteiger partial charge in [-0.3, -0.25) is 4.79 Å². The molecule has 0 saturated heterocycles. The summed E-state index contributed by atoms with van der Waals surface area (Å²) < 4.78 is 0. The number of rotatable bonds is 14. The first kappa shape index (κ1) is 28.5. The number of halogens is 1. The van der Waals surface area contributed by atoms with Crippen molar-refractivity contribution in [2.45, 2.75) is 71.1 Å². The van der Waals surface area contributed by atoms with Gasteiger partial charge in [-0.2, -0.15) is 0 Å². The van der Waals surface area contributed by atoms with Crippen LogP contribution in [0.1, 0.15) is 71.1 Å². The number of hydrogen-bond donors (Lipinski definition) is 1. The van der Waals surface area contributed by atoms with E-state index in [0.29, 0.717) is 0 Å². The number of allylic oxidation sites excluding steroid dienone is 8. The van der Waals surface area contributed by atoms with E-state index in [0.717, 1.165) is 32.1 Å². The van der Waals surface area contributed by atoms with Crippen LogP contribution in [0.15, 0.2) is 48.6 Å². The Balaban J connectivity index is -0.00000220. The molecule has 0 aliphatic carbocycles. The fraction of sp³-hybridized carbons (Fsp3) is 0.550. The van der Waals surface area contributed by atoms with Gasteiger partial charge in [0.25, 0.3) is 0 Å². The minimum Gasteiger partial charge on any atom is -1.00 e. The molecule has 0 fully saturated rings. The first-order chi connectivity index (χ1) is 10.8. The number of carboxylic acid groups (broad SMARTS) is 1. The summed E-state index contributed by atoms with van der Waals surface area (Å²) in [5, 5.41) is 8.49. The molecule has 0 aromatic heterocycles. The summed E-state index contributed by atoms with van der Waals surface area (Å²) in [6, 6.07) is 0. The number of carbonyl (C=O) groups is 1.